The van der Waals surface area contributed by atoms with Gasteiger partial charge in [-0.25, -0.2) is 4.39 Å². The number of carboxylic acid groups (broad SMARTS) is 1. The van der Waals surface area contributed by atoms with Gasteiger partial charge in [0.15, 0.2) is 0 Å². The Morgan fingerprint density at radius 3 is 2.68 bits per heavy atom. The van der Waals surface area contributed by atoms with Crippen LogP contribution >= 0.6 is 11.6 Å². The summed E-state index contributed by atoms with van der Waals surface area (Å²) in [6, 6.07) is 3.98. The Bertz CT molecular complexity index is 535. The first kappa shape index (κ1) is 13.8. The van der Waals surface area contributed by atoms with Gasteiger partial charge in [0.1, 0.15) is 5.82 Å². The van der Waals surface area contributed by atoms with E-state index in [9.17, 15) is 14.0 Å². The number of carbonyl (C=O) groups excluding carboxylic acids is 1. The molecule has 0 heterocycles. The quantitative estimate of drug-likeness (QED) is 0.922. The number of rotatable bonds is 4. The van der Waals surface area contributed by atoms with E-state index >= 15 is 0 Å². The molecule has 0 spiro atoms. The molecule has 0 radical (unpaired) electrons. The normalized spacial score (nSPS) is 21.0. The van der Waals surface area contributed by atoms with Crippen molar-refractivity contribution < 1.29 is 19.1 Å². The summed E-state index contributed by atoms with van der Waals surface area (Å²) in [5, 5.41) is 9.04. The molecular weight excluding hydrogens is 273 g/mol. The van der Waals surface area contributed by atoms with Gasteiger partial charge in [-0.15, -0.1) is 0 Å². The van der Waals surface area contributed by atoms with Crippen molar-refractivity contribution in [2.45, 2.75) is 13.0 Å². The molecule has 1 fully saturated rings. The largest absolute Gasteiger partial charge is 0.481 e. The SMILES string of the molecule is CN(Cc1ccc(F)cc1Cl)C(=O)[C@H]1C[C@H]1C(=O)O. The van der Waals surface area contributed by atoms with E-state index in [-0.39, 0.29) is 17.5 Å². The van der Waals surface area contributed by atoms with Crippen molar-refractivity contribution in [3.63, 3.8) is 0 Å². The van der Waals surface area contributed by atoms with Crippen LogP contribution < -0.4 is 0 Å². The molecule has 2 atom stereocenters. The zero-order valence-electron chi connectivity index (χ0n) is 10.3. The monoisotopic (exact) mass is 285 g/mol. The van der Waals surface area contributed by atoms with Crippen LogP contribution in [0.5, 0.6) is 0 Å². The van der Waals surface area contributed by atoms with Crippen LogP contribution in [0.3, 0.4) is 0 Å². The smallest absolute Gasteiger partial charge is 0.307 e. The first-order valence-corrected chi connectivity index (χ1v) is 6.19. The Hall–Kier alpha value is -1.62. The van der Waals surface area contributed by atoms with E-state index in [1.807, 2.05) is 0 Å². The lowest BCUT2D eigenvalue weighted by Crippen LogP contribution is -2.29. The zero-order valence-corrected chi connectivity index (χ0v) is 11.0. The minimum atomic E-state index is -0.938. The van der Waals surface area contributed by atoms with Crippen molar-refractivity contribution in [2.24, 2.45) is 11.8 Å². The van der Waals surface area contributed by atoms with E-state index in [4.69, 9.17) is 16.7 Å². The maximum Gasteiger partial charge on any atom is 0.307 e. The minimum absolute atomic E-state index is 0.215. The Morgan fingerprint density at radius 1 is 1.47 bits per heavy atom. The number of nitrogens with zero attached hydrogens (tertiary/aromatic N) is 1. The fourth-order valence-electron chi connectivity index (χ4n) is 2.01. The molecule has 0 saturated heterocycles. The molecule has 0 unspecified atom stereocenters. The Morgan fingerprint density at radius 2 is 2.16 bits per heavy atom. The van der Waals surface area contributed by atoms with Crippen molar-refractivity contribution >= 4 is 23.5 Å². The number of benzene rings is 1. The first-order chi connectivity index (χ1) is 8.90. The number of hydrogen-bond acceptors (Lipinski definition) is 2. The Kier molecular flexibility index (Phi) is 3.75. The maximum atomic E-state index is 12.9. The van der Waals surface area contributed by atoms with Crippen LogP contribution in [-0.4, -0.2) is 28.9 Å². The molecular formula is C13H13ClFNO3. The molecule has 6 heteroatoms. The number of carbonyl (C=O) groups is 2. The van der Waals surface area contributed by atoms with Gasteiger partial charge in [-0.1, -0.05) is 17.7 Å². The Balaban J connectivity index is 1.99. The molecule has 1 aromatic rings. The number of aliphatic carboxylic acids is 1. The van der Waals surface area contributed by atoms with Gasteiger partial charge in [0.25, 0.3) is 0 Å². The molecule has 19 heavy (non-hydrogen) atoms. The highest BCUT2D eigenvalue weighted by molar-refractivity contribution is 6.31. The molecule has 1 aliphatic rings. The summed E-state index contributed by atoms with van der Waals surface area (Å²) in [5.41, 5.74) is 0.631. The lowest BCUT2D eigenvalue weighted by atomic mass is 10.2. The second kappa shape index (κ2) is 5.17. The highest BCUT2D eigenvalue weighted by Gasteiger charge is 2.49. The highest BCUT2D eigenvalue weighted by atomic mass is 35.5. The molecule has 1 aromatic carbocycles. The zero-order chi connectivity index (χ0) is 14.2. The minimum Gasteiger partial charge on any atom is -0.481 e. The number of carboxylic acids is 1. The summed E-state index contributed by atoms with van der Waals surface area (Å²) in [6.07, 6.45) is 0.385. The van der Waals surface area contributed by atoms with Gasteiger partial charge in [0, 0.05) is 18.6 Å². The first-order valence-electron chi connectivity index (χ1n) is 5.82. The molecule has 1 saturated carbocycles. The van der Waals surface area contributed by atoms with Crippen LogP contribution in [0.25, 0.3) is 0 Å². The number of amides is 1. The van der Waals surface area contributed by atoms with Crippen LogP contribution in [0.4, 0.5) is 4.39 Å². The second-order valence-electron chi connectivity index (χ2n) is 4.72. The third kappa shape index (κ3) is 3.04. The fourth-order valence-corrected chi connectivity index (χ4v) is 2.23. The summed E-state index contributed by atoms with van der Waals surface area (Å²) in [6.45, 7) is 0.237. The van der Waals surface area contributed by atoms with Gasteiger partial charge >= 0.3 is 5.97 Å². The molecule has 1 amide bonds. The summed E-state index contributed by atoms with van der Waals surface area (Å²) in [5.74, 6) is -2.60. The van der Waals surface area contributed by atoms with E-state index in [1.54, 1.807) is 7.05 Å². The predicted molar refractivity (Wildman–Crippen MR) is 67.1 cm³/mol. The van der Waals surface area contributed by atoms with Crippen molar-refractivity contribution in [1.29, 1.82) is 0 Å². The average Bonchev–Trinajstić information content (AvgIpc) is 3.11. The van der Waals surface area contributed by atoms with Gasteiger partial charge in [0.2, 0.25) is 5.91 Å². The van der Waals surface area contributed by atoms with E-state index in [0.29, 0.717) is 12.0 Å². The van der Waals surface area contributed by atoms with Crippen LogP contribution in [0.2, 0.25) is 5.02 Å². The molecule has 1 aliphatic carbocycles. The summed E-state index contributed by atoms with van der Waals surface area (Å²) in [4.78, 5) is 24.1. The molecule has 102 valence electrons. The lowest BCUT2D eigenvalue weighted by molar-refractivity contribution is -0.141. The van der Waals surface area contributed by atoms with E-state index < -0.39 is 23.6 Å². The summed E-state index contributed by atoms with van der Waals surface area (Å²) in [7, 11) is 1.58. The molecule has 0 aromatic heterocycles. The third-order valence-corrected chi connectivity index (χ3v) is 3.58. The molecule has 0 aliphatic heterocycles. The standard InChI is InChI=1S/C13H13ClFNO3/c1-16(12(17)9-5-10(9)13(18)19)6-7-2-3-8(15)4-11(7)14/h2-4,9-10H,5-6H2,1H3,(H,18,19)/t9-,10+/m0/s1. The van der Waals surface area contributed by atoms with E-state index in [2.05, 4.69) is 0 Å². The van der Waals surface area contributed by atoms with Gasteiger partial charge in [-0.2, -0.15) is 0 Å². The predicted octanol–water partition coefficient (Wildman–Crippen LogP) is 2.16. The molecule has 2 rings (SSSR count). The third-order valence-electron chi connectivity index (χ3n) is 3.22. The average molecular weight is 286 g/mol. The number of hydrogen-bond donors (Lipinski definition) is 1. The van der Waals surface area contributed by atoms with Crippen LogP contribution in [0.1, 0.15) is 12.0 Å². The Labute approximate surface area is 114 Å². The van der Waals surface area contributed by atoms with Crippen LogP contribution in [0.15, 0.2) is 18.2 Å². The maximum absolute atomic E-state index is 12.9. The topological polar surface area (TPSA) is 57.6 Å². The van der Waals surface area contributed by atoms with Crippen LogP contribution in [0, 0.1) is 17.7 Å². The molecule has 1 N–H and O–H groups in total. The van der Waals surface area contributed by atoms with Crippen molar-refractivity contribution in [1.82, 2.24) is 4.90 Å². The lowest BCUT2D eigenvalue weighted by Gasteiger charge is -2.18. The number of halogens is 2. The van der Waals surface area contributed by atoms with Gasteiger partial charge in [0.05, 0.1) is 11.8 Å². The molecule has 0 bridgehead atoms. The van der Waals surface area contributed by atoms with Gasteiger partial charge in [-0.3, -0.25) is 9.59 Å². The highest BCUT2D eigenvalue weighted by Crippen LogP contribution is 2.40. The van der Waals surface area contributed by atoms with Gasteiger partial charge < -0.3 is 10.0 Å². The van der Waals surface area contributed by atoms with Crippen molar-refractivity contribution in [3.05, 3.63) is 34.6 Å². The molecule has 4 nitrogen and oxygen atoms in total. The van der Waals surface area contributed by atoms with E-state index in [1.165, 1.54) is 23.1 Å². The summed E-state index contributed by atoms with van der Waals surface area (Å²) < 4.78 is 12.9. The van der Waals surface area contributed by atoms with E-state index in [0.717, 1.165) is 0 Å². The summed E-state index contributed by atoms with van der Waals surface area (Å²) >= 11 is 5.88. The fraction of sp³-hybridized carbons (Fsp3) is 0.385. The van der Waals surface area contributed by atoms with Gasteiger partial charge in [-0.05, 0) is 24.1 Å². The van der Waals surface area contributed by atoms with Crippen molar-refractivity contribution in [3.8, 4) is 0 Å². The van der Waals surface area contributed by atoms with Crippen LogP contribution in [-0.2, 0) is 16.1 Å². The van der Waals surface area contributed by atoms with Crippen molar-refractivity contribution in [2.75, 3.05) is 7.05 Å². The second-order valence-corrected chi connectivity index (χ2v) is 5.12.